The zero-order valence-corrected chi connectivity index (χ0v) is 31.7. The van der Waals surface area contributed by atoms with Crippen molar-refractivity contribution in [3.8, 4) is 28.3 Å². The first kappa shape index (κ1) is 38.7. The Hall–Kier alpha value is -4.57. The number of carboxylic acid groups (broad SMARTS) is 1. The van der Waals surface area contributed by atoms with E-state index in [4.69, 9.17) is 9.84 Å². The Morgan fingerprint density at radius 2 is 1.62 bits per heavy atom. The van der Waals surface area contributed by atoms with Gasteiger partial charge < -0.3 is 20.1 Å². The third-order valence-electron chi connectivity index (χ3n) is 9.54. The molecule has 2 unspecified atom stereocenters. The zero-order valence-electron chi connectivity index (χ0n) is 30.9. The first-order valence-corrected chi connectivity index (χ1v) is 19.4. The molecular weight excluding hydrogens is 673 g/mol. The Morgan fingerprint density at radius 1 is 0.923 bits per heavy atom. The number of nitrogens with one attached hydrogen (secondary N) is 1. The highest BCUT2D eigenvalue weighted by Gasteiger charge is 2.32. The second-order valence-corrected chi connectivity index (χ2v) is 15.9. The SMILES string of the molecule is CCCCCCCOc1ccc(-c2cnc(-c3ccc(CC(NC(=O)c4ccc(C(C)(C)C)s4)C(=O)N4CCC(CCC(=O)O)C4)cc3)nc2)cc1. The number of thiophene rings is 1. The van der Waals surface area contributed by atoms with Crippen LogP contribution in [-0.4, -0.2) is 63.5 Å². The van der Waals surface area contributed by atoms with Gasteiger partial charge in [0.15, 0.2) is 5.82 Å². The van der Waals surface area contributed by atoms with Crippen LogP contribution in [0.5, 0.6) is 5.75 Å². The number of rotatable bonds is 17. The van der Waals surface area contributed by atoms with Crippen molar-refractivity contribution in [2.75, 3.05) is 19.7 Å². The van der Waals surface area contributed by atoms with E-state index < -0.39 is 12.0 Å². The molecule has 9 nitrogen and oxygen atoms in total. The molecule has 2 N–H and O–H groups in total. The molecule has 2 amide bonds. The fourth-order valence-electron chi connectivity index (χ4n) is 6.40. The molecule has 0 radical (unpaired) electrons. The molecular formula is C42H52N4O5S. The van der Waals surface area contributed by atoms with E-state index in [0.717, 1.165) is 52.3 Å². The Kier molecular flexibility index (Phi) is 13.6. The minimum atomic E-state index is -0.829. The number of likely N-dealkylation sites (tertiary alicyclic amines) is 1. The third-order valence-corrected chi connectivity index (χ3v) is 11.1. The van der Waals surface area contributed by atoms with E-state index in [1.165, 1.54) is 37.0 Å². The van der Waals surface area contributed by atoms with Crippen molar-refractivity contribution in [3.63, 3.8) is 0 Å². The number of hydrogen-bond acceptors (Lipinski definition) is 7. The van der Waals surface area contributed by atoms with Crippen molar-refractivity contribution in [2.24, 2.45) is 5.92 Å². The monoisotopic (exact) mass is 724 g/mol. The largest absolute Gasteiger partial charge is 0.494 e. The molecule has 52 heavy (non-hydrogen) atoms. The van der Waals surface area contributed by atoms with Gasteiger partial charge in [0.2, 0.25) is 5.91 Å². The molecule has 0 bridgehead atoms. The molecule has 1 fully saturated rings. The quantitative estimate of drug-likeness (QED) is 0.105. The molecule has 1 saturated heterocycles. The number of aromatic nitrogens is 2. The Labute approximate surface area is 311 Å². The maximum Gasteiger partial charge on any atom is 0.303 e. The van der Waals surface area contributed by atoms with E-state index in [-0.39, 0.29) is 29.6 Å². The lowest BCUT2D eigenvalue weighted by Crippen LogP contribution is -2.49. The van der Waals surface area contributed by atoms with Crippen LogP contribution in [0.2, 0.25) is 0 Å². The highest BCUT2D eigenvalue weighted by atomic mass is 32.1. The van der Waals surface area contributed by atoms with Gasteiger partial charge in [-0.25, -0.2) is 9.97 Å². The van der Waals surface area contributed by atoms with Gasteiger partial charge in [0.1, 0.15) is 11.8 Å². The van der Waals surface area contributed by atoms with Crippen LogP contribution >= 0.6 is 11.3 Å². The normalized spacial score (nSPS) is 15.0. The molecule has 2 atom stereocenters. The number of benzene rings is 2. The molecule has 4 aromatic rings. The lowest BCUT2D eigenvalue weighted by Gasteiger charge is -2.25. The summed E-state index contributed by atoms with van der Waals surface area (Å²) in [7, 11) is 0. The maximum atomic E-state index is 13.9. The zero-order chi connectivity index (χ0) is 37.1. The van der Waals surface area contributed by atoms with Crippen LogP contribution < -0.4 is 10.1 Å². The van der Waals surface area contributed by atoms with Gasteiger partial charge in [0, 0.05) is 54.3 Å². The molecule has 2 aromatic heterocycles. The molecule has 2 aromatic carbocycles. The lowest BCUT2D eigenvalue weighted by molar-refractivity contribution is -0.137. The number of nitrogens with zero attached hydrogens (tertiary/aromatic N) is 3. The summed E-state index contributed by atoms with van der Waals surface area (Å²) in [5, 5.41) is 12.2. The summed E-state index contributed by atoms with van der Waals surface area (Å²) >= 11 is 1.44. The summed E-state index contributed by atoms with van der Waals surface area (Å²) < 4.78 is 5.91. The molecule has 3 heterocycles. The highest BCUT2D eigenvalue weighted by molar-refractivity contribution is 7.14. The van der Waals surface area contributed by atoms with Gasteiger partial charge >= 0.3 is 5.97 Å². The van der Waals surface area contributed by atoms with Crippen molar-refractivity contribution in [2.45, 2.75) is 96.9 Å². The third kappa shape index (κ3) is 11.0. The predicted molar refractivity (Wildman–Crippen MR) is 207 cm³/mol. The van der Waals surface area contributed by atoms with Crippen molar-refractivity contribution < 1.29 is 24.2 Å². The van der Waals surface area contributed by atoms with Gasteiger partial charge in [0.05, 0.1) is 11.5 Å². The molecule has 1 aliphatic rings. The summed E-state index contributed by atoms with van der Waals surface area (Å²) in [5.74, 6) is 0.341. The summed E-state index contributed by atoms with van der Waals surface area (Å²) in [5.41, 5.74) is 3.58. The second-order valence-electron chi connectivity index (χ2n) is 14.8. The van der Waals surface area contributed by atoms with Gasteiger partial charge in [-0.3, -0.25) is 14.4 Å². The van der Waals surface area contributed by atoms with Crippen LogP contribution in [0.4, 0.5) is 0 Å². The summed E-state index contributed by atoms with van der Waals surface area (Å²) in [6.45, 7) is 10.3. The van der Waals surface area contributed by atoms with Gasteiger partial charge in [-0.05, 0) is 66.0 Å². The number of ether oxygens (including phenoxy) is 1. The van der Waals surface area contributed by atoms with Gasteiger partial charge in [0.25, 0.3) is 5.91 Å². The molecule has 276 valence electrons. The Balaban J connectivity index is 1.23. The van der Waals surface area contributed by atoms with E-state index in [0.29, 0.717) is 36.6 Å². The van der Waals surface area contributed by atoms with Crippen LogP contribution in [0.3, 0.4) is 0 Å². The van der Waals surface area contributed by atoms with Crippen LogP contribution in [-0.2, 0) is 21.4 Å². The average molecular weight is 725 g/mol. The van der Waals surface area contributed by atoms with Crippen LogP contribution in [0.1, 0.15) is 99.2 Å². The average Bonchev–Trinajstić information content (AvgIpc) is 3.84. The number of amides is 2. The van der Waals surface area contributed by atoms with Gasteiger partial charge in [-0.15, -0.1) is 11.3 Å². The first-order chi connectivity index (χ1) is 25.0. The number of carbonyl (C=O) groups is 3. The van der Waals surface area contributed by atoms with Crippen molar-refractivity contribution in [1.29, 1.82) is 0 Å². The minimum absolute atomic E-state index is 0.0849. The lowest BCUT2D eigenvalue weighted by atomic mass is 9.95. The molecule has 0 aliphatic carbocycles. The fraction of sp³-hybridized carbons (Fsp3) is 0.452. The van der Waals surface area contributed by atoms with Gasteiger partial charge in [-0.2, -0.15) is 0 Å². The van der Waals surface area contributed by atoms with Crippen LogP contribution in [0.25, 0.3) is 22.5 Å². The van der Waals surface area contributed by atoms with Crippen molar-refractivity contribution >= 4 is 29.1 Å². The molecule has 5 rings (SSSR count). The minimum Gasteiger partial charge on any atom is -0.494 e. The number of aliphatic carboxylic acids is 1. The number of carbonyl (C=O) groups excluding carboxylic acids is 2. The van der Waals surface area contributed by atoms with Gasteiger partial charge in [-0.1, -0.05) is 89.8 Å². The predicted octanol–water partition coefficient (Wildman–Crippen LogP) is 8.57. The standard InChI is InChI=1S/C42H52N4O5S/c1-5-6-7-8-9-24-51-34-17-15-31(16-18-34)33-26-43-39(44-27-33)32-13-10-29(11-14-32)25-35(41(50)46-23-22-30(28-46)12-21-38(47)48)45-40(49)36-19-20-37(52-36)42(2,3)4/h10-11,13-20,26-27,30,35H,5-9,12,21-25,28H2,1-4H3,(H,45,49)(H,47,48). The molecule has 10 heteroatoms. The topological polar surface area (TPSA) is 122 Å². The van der Waals surface area contributed by atoms with Crippen molar-refractivity contribution in [3.05, 3.63) is 88.4 Å². The summed E-state index contributed by atoms with van der Waals surface area (Å²) in [6, 6.07) is 18.8. The van der Waals surface area contributed by atoms with E-state index in [9.17, 15) is 14.4 Å². The number of hydrogen-bond donors (Lipinski definition) is 2. The number of unbranched alkanes of at least 4 members (excludes halogenated alkanes) is 4. The van der Waals surface area contributed by atoms with E-state index >= 15 is 0 Å². The maximum absolute atomic E-state index is 13.9. The Bertz CT molecular complexity index is 1760. The first-order valence-electron chi connectivity index (χ1n) is 18.6. The summed E-state index contributed by atoms with van der Waals surface area (Å²) in [4.78, 5) is 51.2. The van der Waals surface area contributed by atoms with E-state index in [1.54, 1.807) is 4.90 Å². The molecule has 0 spiro atoms. The second kappa shape index (κ2) is 18.3. The van der Waals surface area contributed by atoms with Crippen LogP contribution in [0, 0.1) is 5.92 Å². The smallest absolute Gasteiger partial charge is 0.303 e. The summed E-state index contributed by atoms with van der Waals surface area (Å²) in [6.07, 6.45) is 11.4. The molecule has 1 aliphatic heterocycles. The fourth-order valence-corrected chi connectivity index (χ4v) is 7.37. The molecule has 0 saturated carbocycles. The highest BCUT2D eigenvalue weighted by Crippen LogP contribution is 2.30. The van der Waals surface area contributed by atoms with E-state index in [1.807, 2.05) is 73.1 Å². The number of carboxylic acids is 1. The van der Waals surface area contributed by atoms with Crippen molar-refractivity contribution in [1.82, 2.24) is 20.2 Å². The van der Waals surface area contributed by atoms with Crippen LogP contribution in [0.15, 0.2) is 73.1 Å². The Morgan fingerprint density at radius 3 is 2.27 bits per heavy atom. The van der Waals surface area contributed by atoms with E-state index in [2.05, 4.69) is 43.0 Å².